The SMILES string of the molecule is Cc1cc(Sc2ccc(OC(=O)c3ccc(O)cc3)c(C)c2)ccc1O. The van der Waals surface area contributed by atoms with Crippen LogP contribution in [0.15, 0.2) is 70.5 Å². The molecule has 26 heavy (non-hydrogen) atoms. The number of carbonyl (C=O) groups excluding carboxylic acids is 1. The predicted molar refractivity (Wildman–Crippen MR) is 101 cm³/mol. The molecule has 3 aromatic carbocycles. The van der Waals surface area contributed by atoms with Crippen molar-refractivity contribution in [2.45, 2.75) is 23.6 Å². The molecule has 0 unspecified atom stereocenters. The number of carbonyl (C=O) groups is 1. The molecule has 0 aliphatic heterocycles. The van der Waals surface area contributed by atoms with Crippen molar-refractivity contribution in [1.82, 2.24) is 0 Å². The highest BCUT2D eigenvalue weighted by atomic mass is 32.2. The third kappa shape index (κ3) is 4.18. The number of phenols is 2. The Bertz CT molecular complexity index is 949. The Morgan fingerprint density at radius 3 is 2.08 bits per heavy atom. The Labute approximate surface area is 156 Å². The fourth-order valence-electron chi connectivity index (χ4n) is 2.38. The maximum absolute atomic E-state index is 12.2. The molecule has 0 radical (unpaired) electrons. The van der Waals surface area contributed by atoms with Gasteiger partial charge < -0.3 is 14.9 Å². The molecule has 3 rings (SSSR count). The first-order chi connectivity index (χ1) is 12.4. The second kappa shape index (κ2) is 7.54. The third-order valence-electron chi connectivity index (χ3n) is 3.86. The maximum Gasteiger partial charge on any atom is 0.343 e. The Morgan fingerprint density at radius 1 is 0.846 bits per heavy atom. The average Bonchev–Trinajstić information content (AvgIpc) is 2.61. The highest BCUT2D eigenvalue weighted by Crippen LogP contribution is 2.33. The summed E-state index contributed by atoms with van der Waals surface area (Å²) < 4.78 is 5.45. The number of phenolic OH excluding ortho intramolecular Hbond substituents is 2. The topological polar surface area (TPSA) is 66.8 Å². The Kier molecular flexibility index (Phi) is 5.19. The van der Waals surface area contributed by atoms with E-state index >= 15 is 0 Å². The normalized spacial score (nSPS) is 10.5. The van der Waals surface area contributed by atoms with Crippen LogP contribution < -0.4 is 4.74 Å². The molecule has 0 bridgehead atoms. The molecular formula is C21H18O4S. The summed E-state index contributed by atoms with van der Waals surface area (Å²) in [5.41, 5.74) is 2.05. The molecule has 0 saturated carbocycles. The van der Waals surface area contributed by atoms with E-state index in [2.05, 4.69) is 0 Å². The number of hydrogen-bond donors (Lipinski definition) is 2. The van der Waals surface area contributed by atoms with Crippen LogP contribution in [0.5, 0.6) is 17.2 Å². The van der Waals surface area contributed by atoms with Crippen LogP contribution in [0.25, 0.3) is 0 Å². The van der Waals surface area contributed by atoms with Gasteiger partial charge >= 0.3 is 5.97 Å². The lowest BCUT2D eigenvalue weighted by molar-refractivity contribution is 0.0733. The molecule has 0 aromatic heterocycles. The van der Waals surface area contributed by atoms with E-state index in [1.165, 1.54) is 24.3 Å². The number of benzene rings is 3. The number of esters is 1. The first kappa shape index (κ1) is 17.9. The van der Waals surface area contributed by atoms with Crippen molar-refractivity contribution in [2.75, 3.05) is 0 Å². The monoisotopic (exact) mass is 366 g/mol. The van der Waals surface area contributed by atoms with Crippen LogP contribution in [0, 0.1) is 13.8 Å². The van der Waals surface area contributed by atoms with Gasteiger partial charge in [0.1, 0.15) is 17.2 Å². The van der Waals surface area contributed by atoms with Crippen LogP contribution in [0.3, 0.4) is 0 Å². The second-order valence-electron chi connectivity index (χ2n) is 5.91. The molecule has 4 nitrogen and oxygen atoms in total. The van der Waals surface area contributed by atoms with E-state index in [0.29, 0.717) is 11.3 Å². The van der Waals surface area contributed by atoms with Crippen molar-refractivity contribution >= 4 is 17.7 Å². The van der Waals surface area contributed by atoms with Crippen molar-refractivity contribution < 1.29 is 19.7 Å². The largest absolute Gasteiger partial charge is 0.508 e. The second-order valence-corrected chi connectivity index (χ2v) is 7.06. The van der Waals surface area contributed by atoms with Crippen molar-refractivity contribution in [2.24, 2.45) is 0 Å². The van der Waals surface area contributed by atoms with E-state index in [1.54, 1.807) is 23.9 Å². The quantitative estimate of drug-likeness (QED) is 0.497. The minimum absolute atomic E-state index is 0.101. The van der Waals surface area contributed by atoms with Gasteiger partial charge in [-0.2, -0.15) is 0 Å². The molecule has 132 valence electrons. The number of rotatable bonds is 4. The zero-order valence-electron chi connectivity index (χ0n) is 14.4. The van der Waals surface area contributed by atoms with Crippen LogP contribution in [0.4, 0.5) is 0 Å². The Balaban J connectivity index is 1.73. The van der Waals surface area contributed by atoms with Gasteiger partial charge in [-0.25, -0.2) is 4.79 Å². The van der Waals surface area contributed by atoms with Gasteiger partial charge in [0.2, 0.25) is 0 Å². The number of ether oxygens (including phenoxy) is 1. The predicted octanol–water partition coefficient (Wildman–Crippen LogP) is 5.09. The van der Waals surface area contributed by atoms with Crippen molar-refractivity contribution in [3.8, 4) is 17.2 Å². The summed E-state index contributed by atoms with van der Waals surface area (Å²) in [6.45, 7) is 3.74. The number of hydrogen-bond acceptors (Lipinski definition) is 5. The summed E-state index contributed by atoms with van der Waals surface area (Å²) >= 11 is 1.57. The molecule has 0 spiro atoms. The first-order valence-corrected chi connectivity index (χ1v) is 8.83. The molecule has 0 fully saturated rings. The highest BCUT2D eigenvalue weighted by Gasteiger charge is 2.11. The van der Waals surface area contributed by atoms with E-state index in [9.17, 15) is 15.0 Å². The van der Waals surface area contributed by atoms with Gasteiger partial charge in [-0.05, 0) is 85.6 Å². The molecule has 0 atom stereocenters. The standard InChI is InChI=1S/C21H18O4S/c1-13-11-17(7-9-19(13)23)26-18-8-10-20(14(2)12-18)25-21(24)15-3-5-16(22)6-4-15/h3-12,22-23H,1-2H3. The van der Waals surface area contributed by atoms with Crippen LogP contribution in [-0.2, 0) is 0 Å². The molecule has 0 aliphatic rings. The molecule has 0 heterocycles. The van der Waals surface area contributed by atoms with E-state index in [-0.39, 0.29) is 11.5 Å². The van der Waals surface area contributed by atoms with Gasteiger partial charge in [-0.3, -0.25) is 0 Å². The molecule has 2 N–H and O–H groups in total. The summed E-state index contributed by atoms with van der Waals surface area (Å²) in [6, 6.07) is 17.0. The van der Waals surface area contributed by atoms with Gasteiger partial charge in [0, 0.05) is 9.79 Å². The van der Waals surface area contributed by atoms with Gasteiger partial charge in [-0.1, -0.05) is 11.8 Å². The molecule has 5 heteroatoms. The number of aryl methyl sites for hydroxylation is 2. The average molecular weight is 366 g/mol. The molecule has 0 aliphatic carbocycles. The summed E-state index contributed by atoms with van der Waals surface area (Å²) in [6.07, 6.45) is 0. The summed E-state index contributed by atoms with van der Waals surface area (Å²) in [7, 11) is 0. The highest BCUT2D eigenvalue weighted by molar-refractivity contribution is 7.99. The zero-order valence-corrected chi connectivity index (χ0v) is 15.2. The maximum atomic E-state index is 12.2. The third-order valence-corrected chi connectivity index (χ3v) is 4.84. The van der Waals surface area contributed by atoms with E-state index in [1.807, 2.05) is 38.1 Å². The minimum atomic E-state index is -0.470. The minimum Gasteiger partial charge on any atom is -0.508 e. The molecule has 0 saturated heterocycles. The van der Waals surface area contributed by atoms with Gasteiger partial charge in [0.05, 0.1) is 5.56 Å². The van der Waals surface area contributed by atoms with Gasteiger partial charge in [-0.15, -0.1) is 0 Å². The lowest BCUT2D eigenvalue weighted by atomic mass is 10.2. The van der Waals surface area contributed by atoms with E-state index < -0.39 is 5.97 Å². The van der Waals surface area contributed by atoms with Crippen LogP contribution in [0.2, 0.25) is 0 Å². The first-order valence-electron chi connectivity index (χ1n) is 8.02. The number of aromatic hydroxyl groups is 2. The summed E-state index contributed by atoms with van der Waals surface area (Å²) in [5.74, 6) is 0.405. The Morgan fingerprint density at radius 2 is 1.46 bits per heavy atom. The van der Waals surface area contributed by atoms with Crippen molar-refractivity contribution in [3.05, 3.63) is 77.4 Å². The van der Waals surface area contributed by atoms with Gasteiger partial charge in [0.25, 0.3) is 0 Å². The lowest BCUT2D eigenvalue weighted by Gasteiger charge is -2.10. The van der Waals surface area contributed by atoms with Crippen molar-refractivity contribution in [3.63, 3.8) is 0 Å². The van der Waals surface area contributed by atoms with Crippen molar-refractivity contribution in [1.29, 1.82) is 0 Å². The van der Waals surface area contributed by atoms with Gasteiger partial charge in [0.15, 0.2) is 0 Å². The Hall–Kier alpha value is -2.92. The molecule has 0 amide bonds. The fraction of sp³-hybridized carbons (Fsp3) is 0.0952. The fourth-order valence-corrected chi connectivity index (χ4v) is 3.40. The summed E-state index contributed by atoms with van der Waals surface area (Å²) in [4.78, 5) is 14.2. The zero-order chi connectivity index (χ0) is 18.7. The lowest BCUT2D eigenvalue weighted by Crippen LogP contribution is -2.09. The molecule has 3 aromatic rings. The van der Waals surface area contributed by atoms with E-state index in [0.717, 1.165) is 20.9 Å². The van der Waals surface area contributed by atoms with Crippen LogP contribution >= 0.6 is 11.8 Å². The van der Waals surface area contributed by atoms with E-state index in [4.69, 9.17) is 4.74 Å². The van der Waals surface area contributed by atoms with Crippen LogP contribution in [0.1, 0.15) is 21.5 Å². The molecular weight excluding hydrogens is 348 g/mol. The van der Waals surface area contributed by atoms with Crippen LogP contribution in [-0.4, -0.2) is 16.2 Å². The smallest absolute Gasteiger partial charge is 0.343 e. The summed E-state index contributed by atoms with van der Waals surface area (Å²) in [5, 5.41) is 18.9.